The van der Waals surface area contributed by atoms with E-state index in [0.717, 1.165) is 0 Å². The third kappa shape index (κ3) is 2.61. The van der Waals surface area contributed by atoms with E-state index in [4.69, 9.17) is 16.7 Å². The van der Waals surface area contributed by atoms with Crippen molar-refractivity contribution in [1.82, 2.24) is 4.90 Å². The zero-order valence-corrected chi connectivity index (χ0v) is 10.2. The Bertz CT molecular complexity index is 506. The van der Waals surface area contributed by atoms with E-state index >= 15 is 0 Å². The Morgan fingerprint density at radius 2 is 2.28 bits per heavy atom. The molecule has 96 valence electrons. The van der Waals surface area contributed by atoms with Gasteiger partial charge in [-0.1, -0.05) is 17.7 Å². The maximum Gasteiger partial charge on any atom is 0.308 e. The standard InChI is InChI=1S/C12H11ClFNO3/c13-9-3-7(1-2-10(9)14)5-15-6-8(12(17)18)4-11(15)16/h1-3,8H,4-6H2,(H,17,18)/t8-/m1/s1. The van der Waals surface area contributed by atoms with Gasteiger partial charge < -0.3 is 10.0 Å². The predicted molar refractivity (Wildman–Crippen MR) is 62.6 cm³/mol. The second-order valence-electron chi connectivity index (χ2n) is 4.26. The van der Waals surface area contributed by atoms with Crippen molar-refractivity contribution in [3.8, 4) is 0 Å². The first-order chi connectivity index (χ1) is 8.47. The molecule has 1 aromatic carbocycles. The van der Waals surface area contributed by atoms with Crippen molar-refractivity contribution in [2.24, 2.45) is 5.92 Å². The Kier molecular flexibility index (Phi) is 3.52. The van der Waals surface area contributed by atoms with Crippen LogP contribution in [0.3, 0.4) is 0 Å². The Hall–Kier alpha value is -1.62. The molecule has 2 rings (SSSR count). The van der Waals surface area contributed by atoms with Crippen LogP contribution in [0, 0.1) is 11.7 Å². The lowest BCUT2D eigenvalue weighted by Crippen LogP contribution is -2.25. The maximum atomic E-state index is 13.0. The lowest BCUT2D eigenvalue weighted by molar-refractivity contribution is -0.141. The number of rotatable bonds is 3. The number of benzene rings is 1. The van der Waals surface area contributed by atoms with Crippen molar-refractivity contribution in [2.45, 2.75) is 13.0 Å². The number of carboxylic acids is 1. The van der Waals surface area contributed by atoms with E-state index in [1.807, 2.05) is 0 Å². The van der Waals surface area contributed by atoms with Crippen molar-refractivity contribution in [2.75, 3.05) is 6.54 Å². The molecule has 0 saturated carbocycles. The fourth-order valence-electron chi connectivity index (χ4n) is 1.95. The lowest BCUT2D eigenvalue weighted by Gasteiger charge is -2.16. The lowest BCUT2D eigenvalue weighted by atomic mass is 10.1. The van der Waals surface area contributed by atoms with Crippen LogP contribution in [0.5, 0.6) is 0 Å². The van der Waals surface area contributed by atoms with Gasteiger partial charge in [-0.3, -0.25) is 9.59 Å². The summed E-state index contributed by atoms with van der Waals surface area (Å²) in [5, 5.41) is 8.84. The van der Waals surface area contributed by atoms with Crippen LogP contribution < -0.4 is 0 Å². The Balaban J connectivity index is 2.08. The number of likely N-dealkylation sites (tertiary alicyclic amines) is 1. The van der Waals surface area contributed by atoms with Crippen molar-refractivity contribution in [3.63, 3.8) is 0 Å². The normalized spacial score (nSPS) is 19.3. The number of hydrogen-bond acceptors (Lipinski definition) is 2. The van der Waals surface area contributed by atoms with Crippen molar-refractivity contribution >= 4 is 23.5 Å². The van der Waals surface area contributed by atoms with Gasteiger partial charge in [-0.15, -0.1) is 0 Å². The van der Waals surface area contributed by atoms with Crippen molar-refractivity contribution in [1.29, 1.82) is 0 Å². The van der Waals surface area contributed by atoms with Crippen LogP contribution in [0.4, 0.5) is 4.39 Å². The fourth-order valence-corrected chi connectivity index (χ4v) is 2.15. The van der Waals surface area contributed by atoms with Crippen LogP contribution in [0.1, 0.15) is 12.0 Å². The van der Waals surface area contributed by atoms with Crippen LogP contribution in [0.2, 0.25) is 5.02 Å². The van der Waals surface area contributed by atoms with Gasteiger partial charge in [0.2, 0.25) is 5.91 Å². The minimum Gasteiger partial charge on any atom is -0.481 e. The Morgan fingerprint density at radius 1 is 1.56 bits per heavy atom. The predicted octanol–water partition coefficient (Wildman–Crippen LogP) is 1.91. The van der Waals surface area contributed by atoms with Crippen LogP contribution in [0.25, 0.3) is 0 Å². The Labute approximate surface area is 108 Å². The fraction of sp³-hybridized carbons (Fsp3) is 0.333. The van der Waals surface area contributed by atoms with E-state index in [-0.39, 0.29) is 30.4 Å². The second-order valence-corrected chi connectivity index (χ2v) is 4.67. The van der Waals surface area contributed by atoms with E-state index in [9.17, 15) is 14.0 Å². The summed E-state index contributed by atoms with van der Waals surface area (Å²) in [6, 6.07) is 4.20. The van der Waals surface area contributed by atoms with E-state index in [0.29, 0.717) is 5.56 Å². The third-order valence-corrected chi connectivity index (χ3v) is 3.21. The van der Waals surface area contributed by atoms with Crippen molar-refractivity contribution in [3.05, 3.63) is 34.6 Å². The zero-order chi connectivity index (χ0) is 13.3. The summed E-state index contributed by atoms with van der Waals surface area (Å²) in [6.45, 7) is 0.436. The van der Waals surface area contributed by atoms with Crippen LogP contribution in [0.15, 0.2) is 18.2 Å². The molecule has 1 aromatic rings. The van der Waals surface area contributed by atoms with Gasteiger partial charge in [0.05, 0.1) is 10.9 Å². The molecule has 1 aliphatic heterocycles. The molecule has 1 aliphatic rings. The monoisotopic (exact) mass is 271 g/mol. The summed E-state index contributed by atoms with van der Waals surface area (Å²) in [5.41, 5.74) is 0.681. The molecular formula is C12H11ClFNO3. The smallest absolute Gasteiger partial charge is 0.308 e. The van der Waals surface area contributed by atoms with Gasteiger partial charge in [-0.2, -0.15) is 0 Å². The molecule has 1 amide bonds. The van der Waals surface area contributed by atoms with Crippen LogP contribution in [-0.2, 0) is 16.1 Å². The molecular weight excluding hydrogens is 261 g/mol. The number of carbonyl (C=O) groups excluding carboxylic acids is 1. The second kappa shape index (κ2) is 4.94. The molecule has 0 aliphatic carbocycles. The molecule has 1 heterocycles. The first kappa shape index (κ1) is 12.8. The van der Waals surface area contributed by atoms with E-state index in [1.54, 1.807) is 0 Å². The van der Waals surface area contributed by atoms with E-state index in [1.165, 1.54) is 23.1 Å². The molecule has 0 aromatic heterocycles. The molecule has 0 unspecified atom stereocenters. The molecule has 1 N–H and O–H groups in total. The molecule has 1 fully saturated rings. The highest BCUT2D eigenvalue weighted by molar-refractivity contribution is 6.30. The number of nitrogens with zero attached hydrogens (tertiary/aromatic N) is 1. The van der Waals surface area contributed by atoms with Gasteiger partial charge in [0.25, 0.3) is 0 Å². The minimum atomic E-state index is -0.969. The number of amides is 1. The highest BCUT2D eigenvalue weighted by atomic mass is 35.5. The molecule has 0 spiro atoms. The number of carboxylic acid groups (broad SMARTS) is 1. The number of hydrogen-bond donors (Lipinski definition) is 1. The van der Waals surface area contributed by atoms with Gasteiger partial charge in [0, 0.05) is 19.5 Å². The third-order valence-electron chi connectivity index (χ3n) is 2.92. The van der Waals surface area contributed by atoms with Gasteiger partial charge in [0.15, 0.2) is 0 Å². The SMILES string of the molecule is O=C(O)[C@@H]1CC(=O)N(Cc2ccc(F)c(Cl)c2)C1. The highest BCUT2D eigenvalue weighted by Gasteiger charge is 2.34. The average molecular weight is 272 g/mol. The first-order valence-electron chi connectivity index (χ1n) is 5.42. The van der Waals surface area contributed by atoms with Gasteiger partial charge in [-0.05, 0) is 17.7 Å². The summed E-state index contributed by atoms with van der Waals surface area (Å²) in [6.07, 6.45) is 0.0181. The van der Waals surface area contributed by atoms with E-state index < -0.39 is 17.7 Å². The summed E-state index contributed by atoms with van der Waals surface area (Å²) in [5.74, 6) is -2.35. The van der Waals surface area contributed by atoms with E-state index in [2.05, 4.69) is 0 Å². The summed E-state index contributed by atoms with van der Waals surface area (Å²) >= 11 is 5.64. The molecule has 0 radical (unpaired) electrons. The molecule has 0 bridgehead atoms. The quantitative estimate of drug-likeness (QED) is 0.914. The number of halogens is 2. The molecule has 18 heavy (non-hydrogen) atoms. The zero-order valence-electron chi connectivity index (χ0n) is 9.40. The largest absolute Gasteiger partial charge is 0.481 e. The summed E-state index contributed by atoms with van der Waals surface area (Å²) in [7, 11) is 0. The van der Waals surface area contributed by atoms with Gasteiger partial charge in [0.1, 0.15) is 5.82 Å². The topological polar surface area (TPSA) is 57.6 Å². The van der Waals surface area contributed by atoms with Gasteiger partial charge >= 0.3 is 5.97 Å². The average Bonchev–Trinajstić information content (AvgIpc) is 2.66. The molecule has 1 atom stereocenters. The minimum absolute atomic E-state index is 0.00562. The Morgan fingerprint density at radius 3 is 2.83 bits per heavy atom. The number of aliphatic carboxylic acids is 1. The number of carbonyl (C=O) groups is 2. The summed E-state index contributed by atoms with van der Waals surface area (Å²) in [4.78, 5) is 23.8. The van der Waals surface area contributed by atoms with Crippen LogP contribution in [-0.4, -0.2) is 28.4 Å². The first-order valence-corrected chi connectivity index (χ1v) is 5.79. The molecule has 1 saturated heterocycles. The summed E-state index contributed by atoms with van der Waals surface area (Å²) < 4.78 is 13.0. The highest BCUT2D eigenvalue weighted by Crippen LogP contribution is 2.22. The molecule has 6 heteroatoms. The molecule has 4 nitrogen and oxygen atoms in total. The van der Waals surface area contributed by atoms with Crippen molar-refractivity contribution < 1.29 is 19.1 Å². The van der Waals surface area contributed by atoms with Gasteiger partial charge in [-0.25, -0.2) is 4.39 Å². The maximum absolute atomic E-state index is 13.0. The van der Waals surface area contributed by atoms with Crippen LogP contribution >= 0.6 is 11.6 Å².